The van der Waals surface area contributed by atoms with Gasteiger partial charge < -0.3 is 4.74 Å². The van der Waals surface area contributed by atoms with Gasteiger partial charge in [0.2, 0.25) is 0 Å². The zero-order valence-electron chi connectivity index (χ0n) is 12.7. The van der Waals surface area contributed by atoms with E-state index in [1.807, 2.05) is 24.5 Å². The van der Waals surface area contributed by atoms with Gasteiger partial charge in [-0.1, -0.05) is 6.07 Å². The molecule has 5 heteroatoms. The van der Waals surface area contributed by atoms with Crippen molar-refractivity contribution >= 4 is 0 Å². The Bertz CT molecular complexity index is 581. The summed E-state index contributed by atoms with van der Waals surface area (Å²) in [5.41, 5.74) is 3.78. The first-order valence-corrected chi connectivity index (χ1v) is 7.47. The Hall–Kier alpha value is -1.72. The topological polar surface area (TPSA) is 43.2 Å². The molecule has 2 aromatic heterocycles. The Morgan fingerprint density at radius 2 is 2.29 bits per heavy atom. The number of fused-ring (bicyclic) bond motifs is 1. The molecule has 0 saturated carbocycles. The van der Waals surface area contributed by atoms with Gasteiger partial charge in [0, 0.05) is 56.7 Å². The number of aromatic nitrogens is 3. The van der Waals surface area contributed by atoms with Crippen molar-refractivity contribution in [1.29, 1.82) is 0 Å². The predicted molar refractivity (Wildman–Crippen MR) is 80.9 cm³/mol. The van der Waals surface area contributed by atoms with Gasteiger partial charge in [-0.2, -0.15) is 5.10 Å². The number of ether oxygens (including phenoxy) is 1. The number of aryl methyl sites for hydroxylation is 1. The lowest BCUT2D eigenvalue weighted by Gasteiger charge is -2.32. The highest BCUT2D eigenvalue weighted by Crippen LogP contribution is 2.29. The highest BCUT2D eigenvalue weighted by molar-refractivity contribution is 5.25. The minimum atomic E-state index is 0.380. The largest absolute Gasteiger partial charge is 0.384 e. The van der Waals surface area contributed by atoms with Gasteiger partial charge in [0.1, 0.15) is 0 Å². The molecule has 1 unspecified atom stereocenters. The van der Waals surface area contributed by atoms with E-state index in [1.54, 1.807) is 7.11 Å². The van der Waals surface area contributed by atoms with Crippen molar-refractivity contribution in [3.05, 3.63) is 47.5 Å². The Labute approximate surface area is 125 Å². The number of methoxy groups -OCH3 is 1. The molecule has 1 atom stereocenters. The highest BCUT2D eigenvalue weighted by Gasteiger charge is 2.29. The van der Waals surface area contributed by atoms with Crippen LogP contribution >= 0.6 is 0 Å². The zero-order valence-corrected chi connectivity index (χ0v) is 12.7. The van der Waals surface area contributed by atoms with Crippen molar-refractivity contribution in [2.45, 2.75) is 32.5 Å². The molecule has 0 spiro atoms. The minimum absolute atomic E-state index is 0.380. The summed E-state index contributed by atoms with van der Waals surface area (Å²) < 4.78 is 7.53. The number of nitrogens with zero attached hydrogens (tertiary/aromatic N) is 4. The quantitative estimate of drug-likeness (QED) is 0.843. The summed E-state index contributed by atoms with van der Waals surface area (Å²) in [6.07, 6.45) is 3.86. The maximum atomic E-state index is 5.42. The van der Waals surface area contributed by atoms with Gasteiger partial charge in [0.05, 0.1) is 18.5 Å². The molecule has 0 amide bonds. The maximum Gasteiger partial charge on any atom is 0.0558 e. The number of rotatable bonds is 5. The summed E-state index contributed by atoms with van der Waals surface area (Å²) in [5, 5.41) is 4.51. The summed E-state index contributed by atoms with van der Waals surface area (Å²) in [6, 6.07) is 6.08. The molecular formula is C16H22N4O. The third-order valence-electron chi connectivity index (χ3n) is 4.00. The van der Waals surface area contributed by atoms with Gasteiger partial charge >= 0.3 is 0 Å². The van der Waals surface area contributed by atoms with Crippen LogP contribution in [0.1, 0.15) is 29.8 Å². The van der Waals surface area contributed by atoms with Crippen LogP contribution in [0.4, 0.5) is 0 Å². The van der Waals surface area contributed by atoms with E-state index in [9.17, 15) is 0 Å². The van der Waals surface area contributed by atoms with Crippen molar-refractivity contribution in [3.8, 4) is 0 Å². The van der Waals surface area contributed by atoms with Gasteiger partial charge in [-0.25, -0.2) is 0 Å². The summed E-state index contributed by atoms with van der Waals surface area (Å²) in [4.78, 5) is 6.85. The summed E-state index contributed by atoms with van der Waals surface area (Å²) >= 11 is 0. The van der Waals surface area contributed by atoms with Crippen LogP contribution in [0.5, 0.6) is 0 Å². The molecule has 0 saturated heterocycles. The van der Waals surface area contributed by atoms with Crippen molar-refractivity contribution in [2.24, 2.45) is 0 Å². The van der Waals surface area contributed by atoms with Crippen LogP contribution in [0.2, 0.25) is 0 Å². The number of hydrogen-bond acceptors (Lipinski definition) is 4. The van der Waals surface area contributed by atoms with E-state index in [2.05, 4.69) is 32.7 Å². The minimum Gasteiger partial charge on any atom is -0.384 e. The van der Waals surface area contributed by atoms with Crippen LogP contribution in [0.3, 0.4) is 0 Å². The molecule has 1 aliphatic heterocycles. The summed E-state index contributed by atoms with van der Waals surface area (Å²) in [7, 11) is 1.77. The zero-order chi connectivity index (χ0) is 14.7. The lowest BCUT2D eigenvalue weighted by atomic mass is 9.96. The van der Waals surface area contributed by atoms with Gasteiger partial charge in [-0.15, -0.1) is 0 Å². The Balaban J connectivity index is 1.81. The normalized spacial score (nSPS) is 18.7. The van der Waals surface area contributed by atoms with E-state index in [4.69, 9.17) is 4.74 Å². The monoisotopic (exact) mass is 286 g/mol. The predicted octanol–water partition coefficient (Wildman–Crippen LogP) is 2.04. The van der Waals surface area contributed by atoms with E-state index in [1.165, 1.54) is 11.3 Å². The molecule has 0 radical (unpaired) electrons. The van der Waals surface area contributed by atoms with Crippen LogP contribution in [-0.4, -0.2) is 39.9 Å². The molecule has 0 aromatic carbocycles. The molecule has 0 fully saturated rings. The third kappa shape index (κ3) is 2.99. The van der Waals surface area contributed by atoms with E-state index < -0.39 is 0 Å². The van der Waals surface area contributed by atoms with Crippen LogP contribution in [0.15, 0.2) is 30.6 Å². The van der Waals surface area contributed by atoms with Gasteiger partial charge in [0.25, 0.3) is 0 Å². The first-order chi connectivity index (χ1) is 10.3. The van der Waals surface area contributed by atoms with Crippen LogP contribution in [0.25, 0.3) is 0 Å². The fraction of sp³-hybridized carbons (Fsp3) is 0.500. The number of hydrogen-bond donors (Lipinski definition) is 0. The fourth-order valence-corrected chi connectivity index (χ4v) is 3.16. The van der Waals surface area contributed by atoms with Gasteiger partial charge in [0.15, 0.2) is 0 Å². The molecule has 112 valence electrons. The van der Waals surface area contributed by atoms with Gasteiger partial charge in [-0.3, -0.25) is 14.6 Å². The first-order valence-electron chi connectivity index (χ1n) is 7.47. The third-order valence-corrected chi connectivity index (χ3v) is 4.00. The molecule has 0 N–H and O–H groups in total. The molecule has 3 rings (SSSR count). The Morgan fingerprint density at radius 1 is 1.38 bits per heavy atom. The lowest BCUT2D eigenvalue weighted by molar-refractivity contribution is 0.131. The van der Waals surface area contributed by atoms with Crippen molar-refractivity contribution in [1.82, 2.24) is 19.7 Å². The van der Waals surface area contributed by atoms with Gasteiger partial charge in [-0.05, 0) is 19.1 Å². The fourth-order valence-electron chi connectivity index (χ4n) is 3.16. The van der Waals surface area contributed by atoms with Crippen LogP contribution < -0.4 is 0 Å². The Morgan fingerprint density at radius 3 is 3.00 bits per heavy atom. The molecular weight excluding hydrogens is 264 g/mol. The second kappa shape index (κ2) is 6.37. The van der Waals surface area contributed by atoms with E-state index in [-0.39, 0.29) is 0 Å². The summed E-state index contributed by atoms with van der Waals surface area (Å²) in [6.45, 7) is 6.58. The van der Waals surface area contributed by atoms with E-state index in [0.717, 1.165) is 38.5 Å². The average molecular weight is 286 g/mol. The highest BCUT2D eigenvalue weighted by atomic mass is 16.5. The average Bonchev–Trinajstić information content (AvgIpc) is 2.92. The van der Waals surface area contributed by atoms with Crippen LogP contribution in [0, 0.1) is 0 Å². The second-order valence-corrected chi connectivity index (χ2v) is 5.51. The van der Waals surface area contributed by atoms with Crippen molar-refractivity contribution in [3.63, 3.8) is 0 Å². The van der Waals surface area contributed by atoms with E-state index in [0.29, 0.717) is 5.92 Å². The molecule has 5 nitrogen and oxygen atoms in total. The molecule has 2 aromatic rings. The SMILES string of the molecule is CCn1ncc2c1C(COC)CN(Cc1ccccn1)C2. The van der Waals surface area contributed by atoms with Crippen molar-refractivity contribution in [2.75, 3.05) is 20.3 Å². The Kier molecular flexibility index (Phi) is 4.31. The first kappa shape index (κ1) is 14.2. The van der Waals surface area contributed by atoms with Crippen LogP contribution in [-0.2, 0) is 24.4 Å². The number of pyridine rings is 1. The molecule has 0 bridgehead atoms. The second-order valence-electron chi connectivity index (χ2n) is 5.51. The maximum absolute atomic E-state index is 5.42. The smallest absolute Gasteiger partial charge is 0.0558 e. The van der Waals surface area contributed by atoms with E-state index >= 15 is 0 Å². The standard InChI is InChI=1S/C16H22N4O/c1-3-20-16-13(8-18-20)9-19(10-14(16)12-21-2)11-15-6-4-5-7-17-15/h4-8,14H,3,9-12H2,1-2H3. The molecule has 3 heterocycles. The lowest BCUT2D eigenvalue weighted by Crippen LogP contribution is -2.36. The summed E-state index contributed by atoms with van der Waals surface area (Å²) in [5.74, 6) is 0.380. The van der Waals surface area contributed by atoms with Crippen molar-refractivity contribution < 1.29 is 4.74 Å². The molecule has 0 aliphatic carbocycles. The molecule has 1 aliphatic rings. The molecule has 21 heavy (non-hydrogen) atoms.